The first-order valence-electron chi connectivity index (χ1n) is 7.96. The average Bonchev–Trinajstić information content (AvgIpc) is 3.24. The van der Waals surface area contributed by atoms with Gasteiger partial charge in [0.2, 0.25) is 21.8 Å². The van der Waals surface area contributed by atoms with Crippen LogP contribution in [0.2, 0.25) is 0 Å². The number of pyridine rings is 1. The van der Waals surface area contributed by atoms with E-state index in [0.717, 1.165) is 21.1 Å². The van der Waals surface area contributed by atoms with Crippen LogP contribution in [0.25, 0.3) is 21.3 Å². The van der Waals surface area contributed by atoms with Crippen LogP contribution in [0.1, 0.15) is 17.8 Å². The number of aromatic nitrogens is 3. The SMILES string of the molecule is Cc1nc(-c2cccnc2)sc1-c1nc2c(o1)N(S(C)(=O)=O)CC/C2=N\O. The van der Waals surface area contributed by atoms with Crippen molar-refractivity contribution >= 4 is 33.0 Å². The highest BCUT2D eigenvalue weighted by Crippen LogP contribution is 2.39. The van der Waals surface area contributed by atoms with Gasteiger partial charge in [-0.05, 0) is 19.1 Å². The largest absolute Gasteiger partial charge is 0.418 e. The second kappa shape index (κ2) is 6.43. The van der Waals surface area contributed by atoms with Gasteiger partial charge in [-0.2, -0.15) is 0 Å². The number of sulfonamides is 1. The number of oxime groups is 1. The van der Waals surface area contributed by atoms with Crippen molar-refractivity contribution in [2.45, 2.75) is 13.3 Å². The van der Waals surface area contributed by atoms with E-state index in [1.807, 2.05) is 19.1 Å². The molecule has 0 fully saturated rings. The first-order chi connectivity index (χ1) is 12.9. The van der Waals surface area contributed by atoms with E-state index in [4.69, 9.17) is 4.42 Å². The number of rotatable bonds is 3. The molecule has 4 rings (SSSR count). The average molecular weight is 405 g/mol. The minimum Gasteiger partial charge on any atom is -0.418 e. The lowest BCUT2D eigenvalue weighted by Gasteiger charge is -2.23. The van der Waals surface area contributed by atoms with Crippen molar-refractivity contribution in [2.24, 2.45) is 5.16 Å². The van der Waals surface area contributed by atoms with Gasteiger partial charge < -0.3 is 9.62 Å². The van der Waals surface area contributed by atoms with Crippen LogP contribution in [0.15, 0.2) is 34.1 Å². The molecule has 0 radical (unpaired) electrons. The molecule has 3 aromatic heterocycles. The van der Waals surface area contributed by atoms with Crippen LogP contribution in [0.3, 0.4) is 0 Å². The molecule has 1 aliphatic rings. The van der Waals surface area contributed by atoms with E-state index in [0.29, 0.717) is 10.6 Å². The van der Waals surface area contributed by atoms with Crippen molar-refractivity contribution in [2.75, 3.05) is 17.1 Å². The highest BCUT2D eigenvalue weighted by Gasteiger charge is 2.34. The lowest BCUT2D eigenvalue weighted by atomic mass is 10.1. The fourth-order valence-electron chi connectivity index (χ4n) is 2.81. The molecule has 0 saturated heterocycles. The van der Waals surface area contributed by atoms with Gasteiger partial charge in [0, 0.05) is 30.9 Å². The third-order valence-electron chi connectivity index (χ3n) is 4.08. The summed E-state index contributed by atoms with van der Waals surface area (Å²) >= 11 is 1.37. The molecule has 0 aliphatic carbocycles. The summed E-state index contributed by atoms with van der Waals surface area (Å²) in [6.07, 6.45) is 4.73. The van der Waals surface area contributed by atoms with Gasteiger partial charge in [0.25, 0.3) is 0 Å². The maximum absolute atomic E-state index is 12.1. The molecule has 0 unspecified atom stereocenters. The van der Waals surface area contributed by atoms with Crippen LogP contribution in [-0.2, 0) is 10.0 Å². The smallest absolute Gasteiger partial charge is 0.241 e. The Balaban J connectivity index is 1.83. The molecule has 0 aromatic carbocycles. The Labute approximate surface area is 159 Å². The van der Waals surface area contributed by atoms with Crippen LogP contribution in [-0.4, -0.2) is 47.1 Å². The Bertz CT molecular complexity index is 1140. The van der Waals surface area contributed by atoms with Gasteiger partial charge in [0.15, 0.2) is 5.69 Å². The summed E-state index contributed by atoms with van der Waals surface area (Å²) in [5.41, 5.74) is 2.07. The van der Waals surface area contributed by atoms with E-state index >= 15 is 0 Å². The summed E-state index contributed by atoms with van der Waals surface area (Å²) in [7, 11) is -3.55. The van der Waals surface area contributed by atoms with Gasteiger partial charge in [-0.15, -0.1) is 11.3 Å². The first-order valence-corrected chi connectivity index (χ1v) is 10.6. The second-order valence-corrected chi connectivity index (χ2v) is 8.89. The van der Waals surface area contributed by atoms with E-state index in [1.54, 1.807) is 12.4 Å². The highest BCUT2D eigenvalue weighted by molar-refractivity contribution is 7.92. The lowest BCUT2D eigenvalue weighted by molar-refractivity contribution is 0.317. The molecular formula is C16H15N5O4S2. The van der Waals surface area contributed by atoms with E-state index in [9.17, 15) is 13.6 Å². The predicted octanol–water partition coefficient (Wildman–Crippen LogP) is 2.52. The third kappa shape index (κ3) is 3.08. The topological polar surface area (TPSA) is 122 Å². The molecular weight excluding hydrogens is 390 g/mol. The molecule has 140 valence electrons. The number of hydrogen-bond acceptors (Lipinski definition) is 9. The quantitative estimate of drug-likeness (QED) is 0.525. The van der Waals surface area contributed by atoms with Gasteiger partial charge in [0.1, 0.15) is 15.6 Å². The number of aryl methyl sites for hydroxylation is 1. The number of oxazole rings is 1. The van der Waals surface area contributed by atoms with Crippen molar-refractivity contribution in [3.05, 3.63) is 35.9 Å². The summed E-state index contributed by atoms with van der Waals surface area (Å²) in [5, 5.41) is 13.2. The minimum atomic E-state index is -3.55. The zero-order chi connectivity index (χ0) is 19.2. The maximum Gasteiger partial charge on any atom is 0.241 e. The molecule has 9 nitrogen and oxygen atoms in total. The van der Waals surface area contributed by atoms with Gasteiger partial charge in [0.05, 0.1) is 11.9 Å². The number of thiazole rings is 1. The molecule has 11 heteroatoms. The monoisotopic (exact) mass is 405 g/mol. The minimum absolute atomic E-state index is 0.0577. The number of anilines is 1. The maximum atomic E-state index is 12.1. The Morgan fingerprint density at radius 2 is 2.19 bits per heavy atom. The molecule has 3 aromatic rings. The predicted molar refractivity (Wildman–Crippen MR) is 101 cm³/mol. The zero-order valence-electron chi connectivity index (χ0n) is 14.4. The fourth-order valence-corrected chi connectivity index (χ4v) is 4.65. The Morgan fingerprint density at radius 3 is 2.85 bits per heavy atom. The molecule has 27 heavy (non-hydrogen) atoms. The molecule has 0 spiro atoms. The first kappa shape index (κ1) is 17.6. The van der Waals surface area contributed by atoms with Crippen molar-refractivity contribution in [1.29, 1.82) is 0 Å². The normalized spacial score (nSPS) is 15.9. The van der Waals surface area contributed by atoms with E-state index in [-0.39, 0.29) is 36.1 Å². The molecule has 0 bridgehead atoms. The Hall–Kier alpha value is -2.79. The Morgan fingerprint density at radius 1 is 1.37 bits per heavy atom. The summed E-state index contributed by atoms with van der Waals surface area (Å²) < 4.78 is 31.1. The fraction of sp³-hybridized carbons (Fsp3) is 0.250. The van der Waals surface area contributed by atoms with Crippen LogP contribution in [0, 0.1) is 6.92 Å². The molecule has 1 N–H and O–H groups in total. The van der Waals surface area contributed by atoms with E-state index < -0.39 is 10.0 Å². The van der Waals surface area contributed by atoms with Crippen molar-refractivity contribution in [1.82, 2.24) is 15.0 Å². The van der Waals surface area contributed by atoms with Gasteiger partial charge in [-0.1, -0.05) is 5.16 Å². The van der Waals surface area contributed by atoms with E-state index in [1.165, 1.54) is 11.3 Å². The zero-order valence-corrected chi connectivity index (χ0v) is 16.1. The van der Waals surface area contributed by atoms with E-state index in [2.05, 4.69) is 20.1 Å². The lowest BCUT2D eigenvalue weighted by Crippen LogP contribution is -2.36. The third-order valence-corrected chi connectivity index (χ3v) is 6.42. The summed E-state index contributed by atoms with van der Waals surface area (Å²) in [4.78, 5) is 13.7. The second-order valence-electron chi connectivity index (χ2n) is 5.98. The number of hydrogen-bond donors (Lipinski definition) is 1. The van der Waals surface area contributed by atoms with Crippen molar-refractivity contribution in [3.63, 3.8) is 0 Å². The van der Waals surface area contributed by atoms with Crippen molar-refractivity contribution in [3.8, 4) is 21.3 Å². The van der Waals surface area contributed by atoms with Gasteiger partial charge in [-0.3, -0.25) is 4.98 Å². The molecule has 0 amide bonds. The standard InChI is InChI=1S/C16H15N5O4S2/c1-9-13(26-15(18-9)10-4-3-6-17-8-10)14-19-12-11(20-22)5-7-21(16(12)25-14)27(2,23)24/h3-4,6,8,22H,5,7H2,1-2H3/b20-11+. The summed E-state index contributed by atoms with van der Waals surface area (Å²) in [6, 6.07) is 3.72. The molecule has 0 saturated carbocycles. The van der Waals surface area contributed by atoms with Crippen LogP contribution < -0.4 is 4.31 Å². The van der Waals surface area contributed by atoms with Crippen LogP contribution in [0.5, 0.6) is 0 Å². The van der Waals surface area contributed by atoms with Crippen LogP contribution >= 0.6 is 11.3 Å². The van der Waals surface area contributed by atoms with Gasteiger partial charge in [-0.25, -0.2) is 22.7 Å². The molecule has 4 heterocycles. The Kier molecular flexibility index (Phi) is 4.19. The van der Waals surface area contributed by atoms with Crippen molar-refractivity contribution < 1.29 is 18.0 Å². The van der Waals surface area contributed by atoms with Gasteiger partial charge >= 0.3 is 0 Å². The summed E-state index contributed by atoms with van der Waals surface area (Å²) in [5.74, 6) is 0.295. The molecule has 1 aliphatic heterocycles. The highest BCUT2D eigenvalue weighted by atomic mass is 32.2. The molecule has 0 atom stereocenters. The summed E-state index contributed by atoms with van der Waals surface area (Å²) in [6.45, 7) is 1.95. The number of nitrogens with zero attached hydrogens (tertiary/aromatic N) is 5. The van der Waals surface area contributed by atoms with Crippen LogP contribution in [0.4, 0.5) is 5.88 Å². The number of fused-ring (bicyclic) bond motifs is 1.